The molecule has 0 unspecified atom stereocenters. The molecule has 0 fully saturated rings. The first-order valence-electron chi connectivity index (χ1n) is 7.21. The van der Waals surface area contributed by atoms with E-state index in [2.05, 4.69) is 23.7 Å². The van der Waals surface area contributed by atoms with Gasteiger partial charge in [-0.2, -0.15) is 0 Å². The van der Waals surface area contributed by atoms with Gasteiger partial charge in [0.2, 0.25) is 0 Å². The minimum atomic E-state index is 0.668. The first kappa shape index (κ1) is 15.9. The van der Waals surface area contributed by atoms with Gasteiger partial charge in [0.25, 0.3) is 0 Å². The molecule has 0 saturated heterocycles. The molecule has 0 atom stereocenters. The van der Waals surface area contributed by atoms with Crippen molar-refractivity contribution in [3.05, 3.63) is 53.7 Å². The van der Waals surface area contributed by atoms with Gasteiger partial charge in [-0.3, -0.25) is 0 Å². The molecule has 0 aliphatic carbocycles. The molecule has 0 saturated carbocycles. The van der Waals surface area contributed by atoms with Crippen LogP contribution in [0.15, 0.2) is 47.6 Å². The number of nitrogens with two attached hydrogens (primary N) is 1. The number of ether oxygens (including phenoxy) is 1. The number of aliphatic imine (C=N–C) groups is 1. The van der Waals surface area contributed by atoms with Crippen molar-refractivity contribution in [3.63, 3.8) is 0 Å². The standard InChI is InChI=1S/C17H22N2OS/c1-2-14-7-5-8-15(10-14)12-20-9-4-3-6-16-11-19-17(18)21-13-16/h2,5,7-8,10-11H,1,3-4,6,9,12-13H2,(H2,18,19). The highest BCUT2D eigenvalue weighted by Gasteiger charge is 2.05. The molecule has 2 rings (SSSR count). The van der Waals surface area contributed by atoms with E-state index in [0.29, 0.717) is 11.8 Å². The van der Waals surface area contributed by atoms with Crippen LogP contribution >= 0.6 is 11.8 Å². The summed E-state index contributed by atoms with van der Waals surface area (Å²) in [6, 6.07) is 8.27. The van der Waals surface area contributed by atoms with Crippen molar-refractivity contribution >= 4 is 23.0 Å². The van der Waals surface area contributed by atoms with Crippen molar-refractivity contribution in [2.24, 2.45) is 10.7 Å². The molecule has 21 heavy (non-hydrogen) atoms. The van der Waals surface area contributed by atoms with Gasteiger partial charge < -0.3 is 10.5 Å². The maximum Gasteiger partial charge on any atom is 0.158 e. The first-order valence-corrected chi connectivity index (χ1v) is 8.19. The van der Waals surface area contributed by atoms with Gasteiger partial charge in [0.15, 0.2) is 5.17 Å². The van der Waals surface area contributed by atoms with Crippen LogP contribution < -0.4 is 5.73 Å². The van der Waals surface area contributed by atoms with Crippen LogP contribution in [-0.2, 0) is 11.3 Å². The SMILES string of the molecule is C=Cc1cccc(COCCCCC2=CN=C(N)SC2)c1. The summed E-state index contributed by atoms with van der Waals surface area (Å²) >= 11 is 1.62. The average Bonchev–Trinajstić information content (AvgIpc) is 2.52. The zero-order chi connectivity index (χ0) is 14.9. The Kier molecular flexibility index (Phi) is 6.57. The number of unbranched alkanes of at least 4 members (excludes halogenated alkanes) is 1. The summed E-state index contributed by atoms with van der Waals surface area (Å²) in [5.41, 5.74) is 9.31. The number of rotatable bonds is 8. The fourth-order valence-electron chi connectivity index (χ4n) is 2.09. The highest BCUT2D eigenvalue weighted by Crippen LogP contribution is 2.18. The van der Waals surface area contributed by atoms with Crippen molar-refractivity contribution in [3.8, 4) is 0 Å². The molecule has 1 aromatic rings. The van der Waals surface area contributed by atoms with E-state index in [1.165, 1.54) is 11.1 Å². The summed E-state index contributed by atoms with van der Waals surface area (Å²) < 4.78 is 5.72. The normalized spacial score (nSPS) is 14.5. The molecular weight excluding hydrogens is 280 g/mol. The molecule has 112 valence electrons. The van der Waals surface area contributed by atoms with Crippen LogP contribution in [0.3, 0.4) is 0 Å². The van der Waals surface area contributed by atoms with Crippen LogP contribution in [0.5, 0.6) is 0 Å². The highest BCUT2D eigenvalue weighted by atomic mass is 32.2. The fourth-order valence-corrected chi connectivity index (χ4v) is 2.77. The van der Waals surface area contributed by atoms with Gasteiger partial charge in [0.05, 0.1) is 6.61 Å². The lowest BCUT2D eigenvalue weighted by atomic mass is 10.1. The summed E-state index contributed by atoms with van der Waals surface area (Å²) in [5.74, 6) is 0.977. The molecule has 0 amide bonds. The number of thioether (sulfide) groups is 1. The lowest BCUT2D eigenvalue weighted by molar-refractivity contribution is 0.117. The third-order valence-electron chi connectivity index (χ3n) is 3.27. The monoisotopic (exact) mass is 302 g/mol. The van der Waals surface area contributed by atoms with Crippen molar-refractivity contribution < 1.29 is 4.74 Å². The number of hydrogen-bond acceptors (Lipinski definition) is 4. The average molecular weight is 302 g/mol. The largest absolute Gasteiger partial charge is 0.378 e. The number of benzene rings is 1. The van der Waals surface area contributed by atoms with E-state index in [4.69, 9.17) is 10.5 Å². The van der Waals surface area contributed by atoms with Crippen molar-refractivity contribution in [2.75, 3.05) is 12.4 Å². The molecular formula is C17H22N2OS. The first-order chi connectivity index (χ1) is 10.3. The van der Waals surface area contributed by atoms with Crippen LogP contribution in [0.25, 0.3) is 6.08 Å². The minimum Gasteiger partial charge on any atom is -0.378 e. The molecule has 0 radical (unpaired) electrons. The summed E-state index contributed by atoms with van der Waals surface area (Å²) in [4.78, 5) is 4.14. The van der Waals surface area contributed by atoms with Crippen molar-refractivity contribution in [1.29, 1.82) is 0 Å². The van der Waals surface area contributed by atoms with E-state index < -0.39 is 0 Å². The van der Waals surface area contributed by atoms with E-state index in [1.807, 2.05) is 24.4 Å². The second-order valence-corrected chi connectivity index (χ2v) is 6.00. The molecule has 4 heteroatoms. The smallest absolute Gasteiger partial charge is 0.158 e. The maximum absolute atomic E-state index is 5.72. The topological polar surface area (TPSA) is 47.6 Å². The van der Waals surface area contributed by atoms with Gasteiger partial charge in [-0.25, -0.2) is 4.99 Å². The fraction of sp³-hybridized carbons (Fsp3) is 0.353. The molecule has 2 N–H and O–H groups in total. The zero-order valence-corrected chi connectivity index (χ0v) is 13.1. The van der Waals surface area contributed by atoms with Gasteiger partial charge in [0.1, 0.15) is 0 Å². The summed E-state index contributed by atoms with van der Waals surface area (Å²) in [7, 11) is 0. The Morgan fingerprint density at radius 3 is 3.05 bits per heavy atom. The van der Waals surface area contributed by atoms with E-state index >= 15 is 0 Å². The van der Waals surface area contributed by atoms with Crippen molar-refractivity contribution in [1.82, 2.24) is 0 Å². The van der Waals surface area contributed by atoms with Gasteiger partial charge in [0, 0.05) is 18.6 Å². The molecule has 0 aromatic heterocycles. The Labute approximate surface area is 131 Å². The Balaban J connectivity index is 1.59. The zero-order valence-electron chi connectivity index (χ0n) is 12.3. The third kappa shape index (κ3) is 5.78. The van der Waals surface area contributed by atoms with Crippen LogP contribution in [-0.4, -0.2) is 17.5 Å². The molecule has 1 aliphatic rings. The summed E-state index contributed by atoms with van der Waals surface area (Å²) in [5, 5.41) is 0.670. The Morgan fingerprint density at radius 1 is 1.38 bits per heavy atom. The van der Waals surface area contributed by atoms with Gasteiger partial charge in [-0.15, -0.1) is 0 Å². The Hall–Kier alpha value is -1.52. The van der Waals surface area contributed by atoms with E-state index in [-0.39, 0.29) is 0 Å². The maximum atomic E-state index is 5.72. The van der Waals surface area contributed by atoms with E-state index in [9.17, 15) is 0 Å². The van der Waals surface area contributed by atoms with Gasteiger partial charge >= 0.3 is 0 Å². The van der Waals surface area contributed by atoms with Crippen LogP contribution in [0.1, 0.15) is 30.4 Å². The predicted molar refractivity (Wildman–Crippen MR) is 92.2 cm³/mol. The van der Waals surface area contributed by atoms with E-state index in [0.717, 1.165) is 37.2 Å². The molecule has 0 bridgehead atoms. The van der Waals surface area contributed by atoms with Gasteiger partial charge in [-0.1, -0.05) is 42.6 Å². The second kappa shape index (κ2) is 8.70. The lowest BCUT2D eigenvalue weighted by Crippen LogP contribution is -2.10. The molecule has 3 nitrogen and oxygen atoms in total. The number of amidine groups is 1. The molecule has 1 heterocycles. The Morgan fingerprint density at radius 2 is 2.29 bits per heavy atom. The van der Waals surface area contributed by atoms with Gasteiger partial charge in [-0.05, 0) is 42.0 Å². The van der Waals surface area contributed by atoms with Crippen molar-refractivity contribution in [2.45, 2.75) is 25.9 Å². The molecule has 1 aliphatic heterocycles. The van der Waals surface area contributed by atoms with E-state index in [1.54, 1.807) is 11.8 Å². The predicted octanol–water partition coefficient (Wildman–Crippen LogP) is 3.96. The van der Waals surface area contributed by atoms with Crippen LogP contribution in [0.2, 0.25) is 0 Å². The lowest BCUT2D eigenvalue weighted by Gasteiger charge is -2.10. The molecule has 1 aromatic carbocycles. The quantitative estimate of drug-likeness (QED) is 0.739. The molecule has 0 spiro atoms. The van der Waals surface area contributed by atoms with Crippen LogP contribution in [0, 0.1) is 0 Å². The number of nitrogens with zero attached hydrogens (tertiary/aromatic N) is 1. The number of hydrogen-bond donors (Lipinski definition) is 1. The minimum absolute atomic E-state index is 0.668. The second-order valence-electron chi connectivity index (χ2n) is 5.00. The summed E-state index contributed by atoms with van der Waals surface area (Å²) in [6.45, 7) is 5.24. The van der Waals surface area contributed by atoms with Crippen LogP contribution in [0.4, 0.5) is 0 Å². The highest BCUT2D eigenvalue weighted by molar-refractivity contribution is 8.14. The third-order valence-corrected chi connectivity index (χ3v) is 4.19. The summed E-state index contributed by atoms with van der Waals surface area (Å²) in [6.07, 6.45) is 7.05. The Bertz CT molecular complexity index is 537.